The fourth-order valence-corrected chi connectivity index (χ4v) is 3.76. The molecule has 0 heterocycles. The molecule has 102 valence electrons. The van der Waals surface area contributed by atoms with E-state index < -0.39 is 8.80 Å². The largest absolute Gasteiger partial charge is 0.501 e. The zero-order chi connectivity index (χ0) is 13.1. The highest BCUT2D eigenvalue weighted by Gasteiger charge is 2.38. The van der Waals surface area contributed by atoms with Crippen molar-refractivity contribution < 1.29 is 18.0 Å². The number of hydrogen-bond donors (Lipinski definition) is 0. The fourth-order valence-electron chi connectivity index (χ4n) is 1.52. The van der Waals surface area contributed by atoms with E-state index in [9.17, 15) is 0 Å². The molecule has 0 bridgehead atoms. The number of rotatable bonds is 10. The van der Waals surface area contributed by atoms with Gasteiger partial charge in [-0.05, 0) is 26.2 Å². The summed E-state index contributed by atoms with van der Waals surface area (Å²) in [6, 6.07) is 0.828. The average Bonchev–Trinajstić information content (AvgIpc) is 2.35. The first kappa shape index (κ1) is 16.6. The Bertz CT molecular complexity index is 205. The Balaban J connectivity index is 4.02. The van der Waals surface area contributed by atoms with Crippen LogP contribution < -0.4 is 0 Å². The minimum atomic E-state index is -2.43. The second kappa shape index (κ2) is 9.64. The number of allylic oxidation sites excluding steroid dienone is 1. The molecule has 0 fully saturated rings. The summed E-state index contributed by atoms with van der Waals surface area (Å²) in [6.07, 6.45) is 4.58. The lowest BCUT2D eigenvalue weighted by molar-refractivity contribution is 0.0999. The van der Waals surface area contributed by atoms with Crippen molar-refractivity contribution in [2.24, 2.45) is 5.92 Å². The molecule has 0 radical (unpaired) electrons. The highest BCUT2D eigenvalue weighted by atomic mass is 28.4. The van der Waals surface area contributed by atoms with Gasteiger partial charge in [0.05, 0.1) is 12.9 Å². The highest BCUT2D eigenvalue weighted by Crippen LogP contribution is 2.19. The molecule has 0 aromatic carbocycles. The van der Waals surface area contributed by atoms with Gasteiger partial charge in [-0.3, -0.25) is 0 Å². The quantitative estimate of drug-likeness (QED) is 0.448. The Hall–Kier alpha value is -0.363. The van der Waals surface area contributed by atoms with Crippen LogP contribution >= 0.6 is 0 Å². The lowest BCUT2D eigenvalue weighted by Crippen LogP contribution is -2.44. The maximum Gasteiger partial charge on any atom is 0.500 e. The predicted octanol–water partition coefficient (Wildman–Crippen LogP) is 2.83. The van der Waals surface area contributed by atoms with Crippen molar-refractivity contribution >= 4 is 8.80 Å². The van der Waals surface area contributed by atoms with Gasteiger partial charge in [0.1, 0.15) is 0 Å². The van der Waals surface area contributed by atoms with Gasteiger partial charge in [0.2, 0.25) is 0 Å². The van der Waals surface area contributed by atoms with Gasteiger partial charge in [0, 0.05) is 26.9 Å². The minimum Gasteiger partial charge on any atom is -0.501 e. The van der Waals surface area contributed by atoms with Crippen LogP contribution in [0.25, 0.3) is 0 Å². The van der Waals surface area contributed by atoms with E-state index in [4.69, 9.17) is 18.0 Å². The molecule has 1 unspecified atom stereocenters. The van der Waals surface area contributed by atoms with E-state index in [0.29, 0.717) is 19.1 Å². The summed E-state index contributed by atoms with van der Waals surface area (Å²) >= 11 is 0. The second-order valence-corrected chi connectivity index (χ2v) is 6.94. The Morgan fingerprint density at radius 3 is 2.35 bits per heavy atom. The van der Waals surface area contributed by atoms with Crippen molar-refractivity contribution in [2.75, 3.05) is 27.4 Å². The SMILES string of the molecule is CC=COCC(C)CC[Si](OC)(OC)OCC. The molecule has 0 rings (SSSR count). The van der Waals surface area contributed by atoms with Gasteiger partial charge in [-0.25, -0.2) is 0 Å². The molecular formula is C12H26O4Si. The van der Waals surface area contributed by atoms with Crippen LogP contribution in [0.15, 0.2) is 12.3 Å². The maximum atomic E-state index is 5.64. The molecule has 0 aromatic rings. The molecular weight excluding hydrogens is 236 g/mol. The standard InChI is InChI=1S/C12H26O4Si/c1-6-9-15-11-12(3)8-10-17(13-4,14-5)16-7-2/h6,9,12H,7-8,10-11H2,1-5H3. The van der Waals surface area contributed by atoms with Crippen molar-refractivity contribution in [3.05, 3.63) is 12.3 Å². The molecule has 0 N–H and O–H groups in total. The molecule has 0 aromatic heterocycles. The van der Waals surface area contributed by atoms with Crippen LogP contribution in [-0.4, -0.2) is 36.2 Å². The van der Waals surface area contributed by atoms with Crippen molar-refractivity contribution in [3.63, 3.8) is 0 Å². The number of hydrogen-bond acceptors (Lipinski definition) is 4. The van der Waals surface area contributed by atoms with Crippen LogP contribution in [0.5, 0.6) is 0 Å². The zero-order valence-corrected chi connectivity index (χ0v) is 12.7. The van der Waals surface area contributed by atoms with Gasteiger partial charge in [0.25, 0.3) is 0 Å². The molecule has 0 spiro atoms. The Kier molecular flexibility index (Phi) is 9.44. The van der Waals surface area contributed by atoms with E-state index in [-0.39, 0.29) is 0 Å². The van der Waals surface area contributed by atoms with Crippen LogP contribution in [0, 0.1) is 5.92 Å². The van der Waals surface area contributed by atoms with E-state index in [1.165, 1.54) is 0 Å². The average molecular weight is 262 g/mol. The molecule has 0 aliphatic heterocycles. The molecule has 4 nitrogen and oxygen atoms in total. The lowest BCUT2D eigenvalue weighted by Gasteiger charge is -2.26. The summed E-state index contributed by atoms with van der Waals surface area (Å²) in [5.74, 6) is 0.462. The van der Waals surface area contributed by atoms with Gasteiger partial charge in [-0.15, -0.1) is 0 Å². The molecule has 5 heteroatoms. The van der Waals surface area contributed by atoms with Gasteiger partial charge >= 0.3 is 8.80 Å². The van der Waals surface area contributed by atoms with E-state index >= 15 is 0 Å². The molecule has 0 aliphatic rings. The van der Waals surface area contributed by atoms with Gasteiger partial charge in [-0.2, -0.15) is 0 Å². The Labute approximate surface area is 106 Å². The van der Waals surface area contributed by atoms with Crippen molar-refractivity contribution in [2.45, 2.75) is 33.2 Å². The van der Waals surface area contributed by atoms with Crippen molar-refractivity contribution in [1.82, 2.24) is 0 Å². The summed E-state index contributed by atoms with van der Waals surface area (Å²) in [7, 11) is 0.891. The van der Waals surface area contributed by atoms with Crippen molar-refractivity contribution in [3.8, 4) is 0 Å². The third kappa shape index (κ3) is 6.83. The minimum absolute atomic E-state index is 0.462. The highest BCUT2D eigenvalue weighted by molar-refractivity contribution is 6.60. The van der Waals surface area contributed by atoms with Crippen LogP contribution in [0.2, 0.25) is 6.04 Å². The third-order valence-electron chi connectivity index (χ3n) is 2.54. The first-order valence-electron chi connectivity index (χ1n) is 6.11. The summed E-state index contributed by atoms with van der Waals surface area (Å²) in [5, 5.41) is 0. The van der Waals surface area contributed by atoms with Crippen LogP contribution in [0.4, 0.5) is 0 Å². The van der Waals surface area contributed by atoms with E-state index in [1.807, 2.05) is 19.9 Å². The first-order chi connectivity index (χ1) is 8.14. The first-order valence-corrected chi connectivity index (χ1v) is 8.04. The normalized spacial score (nSPS) is 14.2. The zero-order valence-electron chi connectivity index (χ0n) is 11.7. The summed E-state index contributed by atoms with van der Waals surface area (Å²) in [5.41, 5.74) is 0. The number of ether oxygens (including phenoxy) is 1. The van der Waals surface area contributed by atoms with Crippen LogP contribution in [-0.2, 0) is 18.0 Å². The third-order valence-corrected chi connectivity index (χ3v) is 5.42. The smallest absolute Gasteiger partial charge is 0.500 e. The summed E-state index contributed by atoms with van der Waals surface area (Å²) < 4.78 is 21.9. The van der Waals surface area contributed by atoms with Crippen LogP contribution in [0.1, 0.15) is 27.2 Å². The molecule has 0 saturated carbocycles. The van der Waals surface area contributed by atoms with Crippen LogP contribution in [0.3, 0.4) is 0 Å². The second-order valence-electron chi connectivity index (χ2n) is 3.97. The maximum absolute atomic E-state index is 5.64. The Morgan fingerprint density at radius 2 is 1.88 bits per heavy atom. The molecule has 17 heavy (non-hydrogen) atoms. The lowest BCUT2D eigenvalue weighted by atomic mass is 10.1. The molecule has 0 aliphatic carbocycles. The Morgan fingerprint density at radius 1 is 1.24 bits per heavy atom. The van der Waals surface area contributed by atoms with Crippen molar-refractivity contribution in [1.29, 1.82) is 0 Å². The van der Waals surface area contributed by atoms with E-state index in [0.717, 1.165) is 12.5 Å². The predicted molar refractivity (Wildman–Crippen MR) is 70.8 cm³/mol. The molecule has 0 amide bonds. The fraction of sp³-hybridized carbons (Fsp3) is 0.833. The van der Waals surface area contributed by atoms with E-state index in [2.05, 4.69) is 6.92 Å². The summed E-state index contributed by atoms with van der Waals surface area (Å²) in [4.78, 5) is 0. The van der Waals surface area contributed by atoms with E-state index in [1.54, 1.807) is 20.5 Å². The molecule has 0 saturated heterocycles. The van der Waals surface area contributed by atoms with Gasteiger partial charge in [0.15, 0.2) is 0 Å². The monoisotopic (exact) mass is 262 g/mol. The topological polar surface area (TPSA) is 36.9 Å². The molecule has 1 atom stereocenters. The van der Waals surface area contributed by atoms with Gasteiger partial charge < -0.3 is 18.0 Å². The van der Waals surface area contributed by atoms with Gasteiger partial charge in [-0.1, -0.05) is 13.0 Å². The summed E-state index contributed by atoms with van der Waals surface area (Å²) in [6.45, 7) is 7.39.